The van der Waals surface area contributed by atoms with Crippen LogP contribution in [-0.2, 0) is 0 Å². The van der Waals surface area contributed by atoms with Crippen molar-refractivity contribution in [3.05, 3.63) is 65.7 Å². The Morgan fingerprint density at radius 3 is 2.73 bits per heavy atom. The first-order chi connectivity index (χ1) is 14.5. The molecule has 0 aliphatic carbocycles. The number of rotatable bonds is 6. The number of halogens is 2. The number of nitrogens with one attached hydrogen (secondary N) is 1. The molecule has 0 bridgehead atoms. The maximum atomic E-state index is 12.6. The summed E-state index contributed by atoms with van der Waals surface area (Å²) < 4.78 is 30.4. The molecule has 8 nitrogen and oxygen atoms in total. The highest BCUT2D eigenvalue weighted by Crippen LogP contribution is 2.31. The van der Waals surface area contributed by atoms with Crippen molar-refractivity contribution in [2.45, 2.75) is 13.5 Å². The first-order valence-corrected chi connectivity index (χ1v) is 9.46. The Morgan fingerprint density at radius 1 is 1.23 bits per heavy atom. The summed E-state index contributed by atoms with van der Waals surface area (Å²) in [6.45, 7) is -1.02. The zero-order valence-corrected chi connectivity index (χ0v) is 16.3. The summed E-state index contributed by atoms with van der Waals surface area (Å²) in [5, 5.41) is 7.18. The number of thiazole rings is 1. The van der Waals surface area contributed by atoms with E-state index >= 15 is 0 Å². The van der Waals surface area contributed by atoms with Gasteiger partial charge in [0.2, 0.25) is 0 Å². The normalized spacial score (nSPS) is 10.9. The van der Waals surface area contributed by atoms with Gasteiger partial charge in [-0.1, -0.05) is 0 Å². The van der Waals surface area contributed by atoms with E-state index in [9.17, 15) is 13.6 Å². The Labute approximate surface area is 173 Å². The number of pyridine rings is 1. The van der Waals surface area contributed by atoms with E-state index in [0.717, 1.165) is 10.4 Å². The maximum absolute atomic E-state index is 12.6. The Balaban J connectivity index is 1.51. The van der Waals surface area contributed by atoms with Gasteiger partial charge in [-0.05, 0) is 43.3 Å². The predicted octanol–water partition coefficient (Wildman–Crippen LogP) is 3.95. The summed E-state index contributed by atoms with van der Waals surface area (Å²) in [5.74, 6) is 0.179. The van der Waals surface area contributed by atoms with Gasteiger partial charge in [-0.2, -0.15) is 13.9 Å². The number of ether oxygens (including phenoxy) is 1. The fourth-order valence-electron chi connectivity index (χ4n) is 2.69. The minimum atomic E-state index is -2.88. The van der Waals surface area contributed by atoms with Gasteiger partial charge >= 0.3 is 6.61 Å². The van der Waals surface area contributed by atoms with Gasteiger partial charge in [0.15, 0.2) is 10.9 Å². The molecule has 11 heteroatoms. The molecule has 1 N–H and O–H groups in total. The molecular formula is C19H14F2N6O2S. The number of aryl methyl sites for hydroxylation is 1. The maximum Gasteiger partial charge on any atom is 0.387 e. The Hall–Kier alpha value is -3.73. The lowest BCUT2D eigenvalue weighted by Crippen LogP contribution is -2.12. The van der Waals surface area contributed by atoms with Gasteiger partial charge in [-0.25, -0.2) is 19.6 Å². The second-order valence-electron chi connectivity index (χ2n) is 6.02. The van der Waals surface area contributed by atoms with Crippen molar-refractivity contribution in [3.63, 3.8) is 0 Å². The summed E-state index contributed by atoms with van der Waals surface area (Å²) >= 11 is 1.31. The van der Waals surface area contributed by atoms with Crippen LogP contribution in [0.4, 0.5) is 13.9 Å². The largest absolute Gasteiger partial charge is 0.435 e. The molecule has 3 aromatic heterocycles. The van der Waals surface area contributed by atoms with Gasteiger partial charge in [0.05, 0.1) is 5.69 Å². The standard InChI is InChI=1S/C19H14F2N6O2S/c1-11-16(12-2-4-14(5-3-12)29-18(20)21)25-19(30-11)26-17(28)13-6-7-23-15(8-13)27-10-22-9-24-27/h2-10,18H,1H3,(H,25,26,28). The first kappa shape index (κ1) is 19.6. The SMILES string of the molecule is Cc1sc(NC(=O)c2ccnc(-n3cncn3)c2)nc1-c1ccc(OC(F)F)cc1. The van der Waals surface area contributed by atoms with Crippen molar-refractivity contribution in [1.82, 2.24) is 24.7 Å². The molecular weight excluding hydrogens is 414 g/mol. The molecule has 4 aromatic rings. The van der Waals surface area contributed by atoms with Crippen molar-refractivity contribution >= 4 is 22.4 Å². The summed E-state index contributed by atoms with van der Waals surface area (Å²) in [5.41, 5.74) is 1.76. The molecule has 4 rings (SSSR count). The summed E-state index contributed by atoms with van der Waals surface area (Å²) in [6, 6.07) is 9.34. The fraction of sp³-hybridized carbons (Fsp3) is 0.105. The number of amides is 1. The molecule has 0 spiro atoms. The van der Waals surface area contributed by atoms with Crippen LogP contribution in [0.3, 0.4) is 0 Å². The first-order valence-electron chi connectivity index (χ1n) is 8.64. The molecule has 152 valence electrons. The molecule has 0 unspecified atom stereocenters. The van der Waals surface area contributed by atoms with Crippen LogP contribution < -0.4 is 10.1 Å². The van der Waals surface area contributed by atoms with E-state index in [0.29, 0.717) is 22.2 Å². The molecule has 0 aliphatic rings. The topological polar surface area (TPSA) is 94.8 Å². The monoisotopic (exact) mass is 428 g/mol. The number of hydrogen-bond donors (Lipinski definition) is 1. The van der Waals surface area contributed by atoms with Crippen LogP contribution >= 0.6 is 11.3 Å². The average molecular weight is 428 g/mol. The van der Waals surface area contributed by atoms with Crippen molar-refractivity contribution in [2.75, 3.05) is 5.32 Å². The van der Waals surface area contributed by atoms with E-state index in [2.05, 4.69) is 30.1 Å². The van der Waals surface area contributed by atoms with Crippen LogP contribution in [0, 0.1) is 6.92 Å². The van der Waals surface area contributed by atoms with E-state index in [1.807, 2.05) is 6.92 Å². The third-order valence-electron chi connectivity index (χ3n) is 4.03. The van der Waals surface area contributed by atoms with Gasteiger partial charge in [0, 0.05) is 22.2 Å². The quantitative estimate of drug-likeness (QED) is 0.500. The van der Waals surface area contributed by atoms with Crippen LogP contribution in [0.2, 0.25) is 0 Å². The number of carbonyl (C=O) groups is 1. The zero-order valence-electron chi connectivity index (χ0n) is 15.5. The van der Waals surface area contributed by atoms with E-state index in [-0.39, 0.29) is 11.7 Å². The van der Waals surface area contributed by atoms with E-state index < -0.39 is 6.61 Å². The number of alkyl halides is 2. The molecule has 3 heterocycles. The number of anilines is 1. The van der Waals surface area contributed by atoms with Crippen LogP contribution in [0.15, 0.2) is 55.2 Å². The van der Waals surface area contributed by atoms with Crippen LogP contribution in [0.5, 0.6) is 5.75 Å². The Morgan fingerprint density at radius 2 is 2.03 bits per heavy atom. The predicted molar refractivity (Wildman–Crippen MR) is 106 cm³/mol. The van der Waals surface area contributed by atoms with Gasteiger partial charge in [-0.15, -0.1) is 11.3 Å². The van der Waals surface area contributed by atoms with Crippen molar-refractivity contribution in [3.8, 4) is 22.8 Å². The van der Waals surface area contributed by atoms with Gasteiger partial charge in [0.25, 0.3) is 5.91 Å². The average Bonchev–Trinajstić information content (AvgIpc) is 3.38. The lowest BCUT2D eigenvalue weighted by Gasteiger charge is -2.05. The summed E-state index contributed by atoms with van der Waals surface area (Å²) in [6.07, 6.45) is 4.37. The number of nitrogens with zero attached hydrogens (tertiary/aromatic N) is 5. The lowest BCUT2D eigenvalue weighted by atomic mass is 10.1. The summed E-state index contributed by atoms with van der Waals surface area (Å²) in [4.78, 5) is 26.0. The molecule has 0 saturated carbocycles. The van der Waals surface area contributed by atoms with Crippen LogP contribution in [0.25, 0.3) is 17.1 Å². The number of hydrogen-bond acceptors (Lipinski definition) is 7. The second-order valence-corrected chi connectivity index (χ2v) is 7.23. The third kappa shape index (κ3) is 4.30. The van der Waals surface area contributed by atoms with Gasteiger partial charge < -0.3 is 4.74 Å². The summed E-state index contributed by atoms with van der Waals surface area (Å²) in [7, 11) is 0. The van der Waals surface area contributed by atoms with Crippen molar-refractivity contribution in [2.24, 2.45) is 0 Å². The van der Waals surface area contributed by atoms with Gasteiger partial charge in [-0.3, -0.25) is 10.1 Å². The lowest BCUT2D eigenvalue weighted by molar-refractivity contribution is -0.0498. The number of benzene rings is 1. The highest BCUT2D eigenvalue weighted by Gasteiger charge is 2.15. The van der Waals surface area contributed by atoms with Crippen LogP contribution in [-0.4, -0.2) is 37.3 Å². The van der Waals surface area contributed by atoms with E-state index in [4.69, 9.17) is 0 Å². The van der Waals surface area contributed by atoms with Gasteiger partial charge in [0.1, 0.15) is 18.4 Å². The molecule has 0 saturated heterocycles. The number of carbonyl (C=O) groups excluding carboxylic acids is 1. The second kappa shape index (κ2) is 8.33. The molecule has 0 aliphatic heterocycles. The fourth-order valence-corrected chi connectivity index (χ4v) is 3.52. The van der Waals surface area contributed by atoms with E-state index in [1.54, 1.807) is 24.3 Å². The molecule has 1 amide bonds. The smallest absolute Gasteiger partial charge is 0.387 e. The van der Waals surface area contributed by atoms with Crippen molar-refractivity contribution in [1.29, 1.82) is 0 Å². The van der Waals surface area contributed by atoms with Crippen LogP contribution in [0.1, 0.15) is 15.2 Å². The minimum Gasteiger partial charge on any atom is -0.435 e. The number of aromatic nitrogens is 5. The molecule has 1 aromatic carbocycles. The molecule has 30 heavy (non-hydrogen) atoms. The molecule has 0 atom stereocenters. The molecule has 0 radical (unpaired) electrons. The van der Waals surface area contributed by atoms with Crippen molar-refractivity contribution < 1.29 is 18.3 Å². The highest BCUT2D eigenvalue weighted by atomic mass is 32.1. The van der Waals surface area contributed by atoms with E-state index in [1.165, 1.54) is 47.0 Å². The zero-order chi connectivity index (χ0) is 21.1. The Bertz CT molecular complexity index is 1160. The third-order valence-corrected chi connectivity index (χ3v) is 4.92. The highest BCUT2D eigenvalue weighted by molar-refractivity contribution is 7.16. The minimum absolute atomic E-state index is 0.0658. The molecule has 0 fully saturated rings. The Kier molecular flexibility index (Phi) is 5.44.